The van der Waals surface area contributed by atoms with E-state index >= 15 is 0 Å². The maximum absolute atomic E-state index is 8.77. The molecule has 0 aliphatic rings. The fourth-order valence-corrected chi connectivity index (χ4v) is 1.66. The molecule has 0 aliphatic heterocycles. The van der Waals surface area contributed by atoms with E-state index in [1.165, 1.54) is 0 Å². The summed E-state index contributed by atoms with van der Waals surface area (Å²) in [6, 6.07) is 7.65. The van der Waals surface area contributed by atoms with Crippen LogP contribution in [0, 0.1) is 11.3 Å². The Labute approximate surface area is 98.2 Å². The van der Waals surface area contributed by atoms with Gasteiger partial charge < -0.3 is 10.1 Å². The SMILES string of the molecule is CCOCCNc1cc(Br)cc(C#N)c1. The molecular formula is C11H13BrN2O. The van der Waals surface area contributed by atoms with Crippen molar-refractivity contribution in [2.24, 2.45) is 0 Å². The molecular weight excluding hydrogens is 256 g/mol. The second kappa shape index (κ2) is 6.44. The zero-order valence-electron chi connectivity index (χ0n) is 8.59. The summed E-state index contributed by atoms with van der Waals surface area (Å²) in [5.74, 6) is 0. The third kappa shape index (κ3) is 4.32. The van der Waals surface area contributed by atoms with E-state index in [0.717, 1.165) is 23.3 Å². The van der Waals surface area contributed by atoms with E-state index in [-0.39, 0.29) is 0 Å². The fourth-order valence-electron chi connectivity index (χ4n) is 1.17. The van der Waals surface area contributed by atoms with Crippen LogP contribution in [0.1, 0.15) is 12.5 Å². The molecule has 0 atom stereocenters. The van der Waals surface area contributed by atoms with Gasteiger partial charge in [-0.1, -0.05) is 15.9 Å². The number of anilines is 1. The van der Waals surface area contributed by atoms with Gasteiger partial charge in [0.25, 0.3) is 0 Å². The highest BCUT2D eigenvalue weighted by atomic mass is 79.9. The number of hydrogen-bond donors (Lipinski definition) is 1. The quantitative estimate of drug-likeness (QED) is 0.836. The molecule has 0 aliphatic carbocycles. The Morgan fingerprint density at radius 2 is 2.27 bits per heavy atom. The average molecular weight is 269 g/mol. The van der Waals surface area contributed by atoms with Crippen molar-refractivity contribution in [1.82, 2.24) is 0 Å². The van der Waals surface area contributed by atoms with Gasteiger partial charge in [-0.05, 0) is 25.1 Å². The van der Waals surface area contributed by atoms with Crippen LogP contribution in [0.5, 0.6) is 0 Å². The molecule has 0 spiro atoms. The van der Waals surface area contributed by atoms with Crippen molar-refractivity contribution in [1.29, 1.82) is 5.26 Å². The molecule has 15 heavy (non-hydrogen) atoms. The monoisotopic (exact) mass is 268 g/mol. The van der Waals surface area contributed by atoms with Gasteiger partial charge in [0, 0.05) is 23.3 Å². The normalized spacial score (nSPS) is 9.67. The third-order valence-corrected chi connectivity index (χ3v) is 2.26. The number of nitrogens with one attached hydrogen (secondary N) is 1. The summed E-state index contributed by atoms with van der Waals surface area (Å²) in [4.78, 5) is 0. The predicted molar refractivity (Wildman–Crippen MR) is 63.8 cm³/mol. The zero-order valence-corrected chi connectivity index (χ0v) is 10.2. The molecule has 0 heterocycles. The first-order chi connectivity index (χ1) is 7.26. The second-order valence-corrected chi connectivity index (χ2v) is 3.88. The Bertz CT molecular complexity index is 360. The van der Waals surface area contributed by atoms with Crippen LogP contribution in [0.2, 0.25) is 0 Å². The molecule has 3 nitrogen and oxygen atoms in total. The van der Waals surface area contributed by atoms with Gasteiger partial charge >= 0.3 is 0 Å². The second-order valence-electron chi connectivity index (χ2n) is 2.96. The Morgan fingerprint density at radius 3 is 2.93 bits per heavy atom. The molecule has 4 heteroatoms. The highest BCUT2D eigenvalue weighted by molar-refractivity contribution is 9.10. The lowest BCUT2D eigenvalue weighted by molar-refractivity contribution is 0.158. The van der Waals surface area contributed by atoms with Crippen LogP contribution in [0.4, 0.5) is 5.69 Å². The Morgan fingerprint density at radius 1 is 1.47 bits per heavy atom. The summed E-state index contributed by atoms with van der Waals surface area (Å²) >= 11 is 3.35. The highest BCUT2D eigenvalue weighted by Gasteiger charge is 1.98. The van der Waals surface area contributed by atoms with E-state index in [0.29, 0.717) is 12.2 Å². The van der Waals surface area contributed by atoms with Gasteiger partial charge in [0.2, 0.25) is 0 Å². The smallest absolute Gasteiger partial charge is 0.0992 e. The van der Waals surface area contributed by atoms with Crippen LogP contribution in [-0.4, -0.2) is 19.8 Å². The Balaban J connectivity index is 2.54. The number of benzene rings is 1. The van der Waals surface area contributed by atoms with Gasteiger partial charge in [0.1, 0.15) is 0 Å². The van der Waals surface area contributed by atoms with Crippen LogP contribution in [0.25, 0.3) is 0 Å². The van der Waals surface area contributed by atoms with Gasteiger partial charge in [0.05, 0.1) is 18.2 Å². The zero-order chi connectivity index (χ0) is 11.1. The van der Waals surface area contributed by atoms with E-state index < -0.39 is 0 Å². The Kier molecular flexibility index (Phi) is 5.16. The minimum Gasteiger partial charge on any atom is -0.383 e. The number of rotatable bonds is 5. The van der Waals surface area contributed by atoms with Crippen molar-refractivity contribution in [3.8, 4) is 6.07 Å². The lowest BCUT2D eigenvalue weighted by Gasteiger charge is -2.07. The maximum Gasteiger partial charge on any atom is 0.0992 e. The molecule has 80 valence electrons. The molecule has 0 unspecified atom stereocenters. The first-order valence-electron chi connectivity index (χ1n) is 4.78. The summed E-state index contributed by atoms with van der Waals surface area (Å²) in [5, 5.41) is 12.0. The topological polar surface area (TPSA) is 45.0 Å². The summed E-state index contributed by atoms with van der Waals surface area (Å²) in [6.45, 7) is 4.11. The van der Waals surface area contributed by atoms with Crippen molar-refractivity contribution in [2.75, 3.05) is 25.1 Å². The van der Waals surface area contributed by atoms with Gasteiger partial charge in [-0.25, -0.2) is 0 Å². The minimum atomic E-state index is 0.642. The predicted octanol–water partition coefficient (Wildman–Crippen LogP) is 2.77. The van der Waals surface area contributed by atoms with E-state index in [2.05, 4.69) is 27.3 Å². The maximum atomic E-state index is 8.77. The summed E-state index contributed by atoms with van der Waals surface area (Å²) < 4.78 is 6.11. The van der Waals surface area contributed by atoms with E-state index in [1.807, 2.05) is 19.1 Å². The molecule has 1 aromatic carbocycles. The van der Waals surface area contributed by atoms with Crippen molar-refractivity contribution in [3.05, 3.63) is 28.2 Å². The van der Waals surface area contributed by atoms with Gasteiger partial charge in [-0.15, -0.1) is 0 Å². The summed E-state index contributed by atoms with van der Waals surface area (Å²) in [7, 11) is 0. The van der Waals surface area contributed by atoms with Crippen LogP contribution < -0.4 is 5.32 Å². The summed E-state index contributed by atoms with van der Waals surface area (Å²) in [6.07, 6.45) is 0. The Hall–Kier alpha value is -1.05. The third-order valence-electron chi connectivity index (χ3n) is 1.81. The van der Waals surface area contributed by atoms with Crippen molar-refractivity contribution < 1.29 is 4.74 Å². The average Bonchev–Trinajstić information content (AvgIpc) is 2.23. The molecule has 0 aromatic heterocycles. The van der Waals surface area contributed by atoms with Gasteiger partial charge in [0.15, 0.2) is 0 Å². The van der Waals surface area contributed by atoms with Gasteiger partial charge in [-0.3, -0.25) is 0 Å². The van der Waals surface area contributed by atoms with Crippen molar-refractivity contribution >= 4 is 21.6 Å². The molecule has 0 saturated carbocycles. The van der Waals surface area contributed by atoms with E-state index in [4.69, 9.17) is 10.00 Å². The van der Waals surface area contributed by atoms with E-state index in [1.54, 1.807) is 6.07 Å². The van der Waals surface area contributed by atoms with Crippen LogP contribution in [-0.2, 0) is 4.74 Å². The van der Waals surface area contributed by atoms with Crippen LogP contribution in [0.15, 0.2) is 22.7 Å². The van der Waals surface area contributed by atoms with Crippen molar-refractivity contribution in [2.45, 2.75) is 6.92 Å². The highest BCUT2D eigenvalue weighted by Crippen LogP contribution is 2.18. The van der Waals surface area contributed by atoms with Crippen LogP contribution in [0.3, 0.4) is 0 Å². The number of nitrogens with zero attached hydrogens (tertiary/aromatic N) is 1. The molecule has 1 aromatic rings. The standard InChI is InChI=1S/C11H13BrN2O/c1-2-15-4-3-14-11-6-9(8-13)5-10(12)7-11/h5-7,14H,2-4H2,1H3. The van der Waals surface area contributed by atoms with Crippen molar-refractivity contribution in [3.63, 3.8) is 0 Å². The fraction of sp³-hybridized carbons (Fsp3) is 0.364. The first-order valence-corrected chi connectivity index (χ1v) is 5.58. The molecule has 0 bridgehead atoms. The molecule has 1 rings (SSSR count). The lowest BCUT2D eigenvalue weighted by atomic mass is 10.2. The van der Waals surface area contributed by atoms with Crippen LogP contribution >= 0.6 is 15.9 Å². The number of nitriles is 1. The minimum absolute atomic E-state index is 0.642. The van der Waals surface area contributed by atoms with E-state index in [9.17, 15) is 0 Å². The lowest BCUT2D eigenvalue weighted by Crippen LogP contribution is -2.09. The molecule has 0 saturated heterocycles. The van der Waals surface area contributed by atoms with Gasteiger partial charge in [-0.2, -0.15) is 5.26 Å². The largest absolute Gasteiger partial charge is 0.383 e. The summed E-state index contributed by atoms with van der Waals surface area (Å²) in [5.41, 5.74) is 1.57. The first kappa shape index (κ1) is 12.0. The molecule has 0 radical (unpaired) electrons. The number of halogens is 1. The number of ether oxygens (including phenoxy) is 1. The molecule has 0 fully saturated rings. The number of hydrogen-bond acceptors (Lipinski definition) is 3. The molecule has 0 amide bonds. The molecule has 1 N–H and O–H groups in total.